The maximum absolute atomic E-state index is 12.2. The zero-order valence-electron chi connectivity index (χ0n) is 10.2. The number of hydrogen-bond acceptors (Lipinski definition) is 4. The van der Waals surface area contributed by atoms with Crippen molar-refractivity contribution in [3.8, 4) is 0 Å². The van der Waals surface area contributed by atoms with Crippen LogP contribution in [0.15, 0.2) is 12.1 Å². The van der Waals surface area contributed by atoms with E-state index in [0.717, 1.165) is 0 Å². The van der Waals surface area contributed by atoms with E-state index in [2.05, 4.69) is 10.3 Å². The Hall–Kier alpha value is -1.17. The Kier molecular flexibility index (Phi) is 3.85. The van der Waals surface area contributed by atoms with Crippen LogP contribution in [0.5, 0.6) is 0 Å². The Morgan fingerprint density at radius 3 is 2.78 bits per heavy atom. The van der Waals surface area contributed by atoms with Crippen molar-refractivity contribution < 1.29 is 9.53 Å². The molecule has 1 aliphatic rings. The highest BCUT2D eigenvalue weighted by Gasteiger charge is 2.36. The minimum atomic E-state index is -0.857. The summed E-state index contributed by atoms with van der Waals surface area (Å²) >= 11 is 5.76. The molecule has 5 nitrogen and oxygen atoms in total. The van der Waals surface area contributed by atoms with Crippen LogP contribution >= 0.6 is 11.6 Å². The van der Waals surface area contributed by atoms with E-state index in [9.17, 15) is 4.79 Å². The van der Waals surface area contributed by atoms with Gasteiger partial charge in [0, 0.05) is 13.2 Å². The molecule has 0 saturated carbocycles. The summed E-state index contributed by atoms with van der Waals surface area (Å²) in [4.78, 5) is 16.3. The monoisotopic (exact) mass is 269 g/mol. The number of carbonyl (C=O) groups excluding carboxylic acids is 1. The number of nitrogens with one attached hydrogen (secondary N) is 1. The normalized spacial score (nSPS) is 18.4. The molecule has 98 valence electrons. The summed E-state index contributed by atoms with van der Waals surface area (Å²) in [7, 11) is 0. The molecule has 1 aliphatic heterocycles. The number of halogens is 1. The first-order chi connectivity index (χ1) is 8.51. The van der Waals surface area contributed by atoms with Gasteiger partial charge in [0.2, 0.25) is 5.91 Å². The third-order valence-corrected chi connectivity index (χ3v) is 3.35. The topological polar surface area (TPSA) is 77.2 Å². The van der Waals surface area contributed by atoms with Crippen LogP contribution in [0.1, 0.15) is 18.5 Å². The lowest BCUT2D eigenvalue weighted by Gasteiger charge is -2.31. The summed E-state index contributed by atoms with van der Waals surface area (Å²) in [6.07, 6.45) is 1.05. The molecule has 6 heteroatoms. The van der Waals surface area contributed by atoms with Crippen molar-refractivity contribution in [2.24, 2.45) is 5.73 Å². The standard InChI is InChI=1S/C12H16ClN3O2/c1-8-9(2-3-10(13)15-8)16-11(17)12(14)4-6-18-7-5-12/h2-3H,4-7,14H2,1H3,(H,16,17). The van der Waals surface area contributed by atoms with Crippen molar-refractivity contribution in [3.05, 3.63) is 23.0 Å². The average Bonchev–Trinajstić information content (AvgIpc) is 2.33. The minimum absolute atomic E-state index is 0.196. The van der Waals surface area contributed by atoms with Crippen LogP contribution < -0.4 is 11.1 Å². The van der Waals surface area contributed by atoms with Crippen molar-refractivity contribution in [2.75, 3.05) is 18.5 Å². The molecule has 2 heterocycles. The maximum Gasteiger partial charge on any atom is 0.244 e. The molecule has 18 heavy (non-hydrogen) atoms. The maximum atomic E-state index is 12.2. The van der Waals surface area contributed by atoms with Crippen molar-refractivity contribution in [2.45, 2.75) is 25.3 Å². The first kappa shape index (κ1) is 13.3. The number of carbonyl (C=O) groups is 1. The van der Waals surface area contributed by atoms with Gasteiger partial charge in [0.1, 0.15) is 10.7 Å². The molecule has 0 bridgehead atoms. The van der Waals surface area contributed by atoms with Gasteiger partial charge in [0.05, 0.1) is 11.4 Å². The molecule has 1 saturated heterocycles. The molecule has 0 aliphatic carbocycles. The molecule has 1 aromatic rings. The second kappa shape index (κ2) is 5.22. The molecule has 0 unspecified atom stereocenters. The SMILES string of the molecule is Cc1nc(Cl)ccc1NC(=O)C1(N)CCOCC1. The minimum Gasteiger partial charge on any atom is -0.381 e. The fourth-order valence-electron chi connectivity index (χ4n) is 1.87. The first-order valence-corrected chi connectivity index (χ1v) is 6.20. The van der Waals surface area contributed by atoms with Gasteiger partial charge in [0.15, 0.2) is 0 Å². The Bertz CT molecular complexity index is 459. The Balaban J connectivity index is 2.11. The lowest BCUT2D eigenvalue weighted by Crippen LogP contribution is -2.54. The summed E-state index contributed by atoms with van der Waals surface area (Å²) < 4.78 is 5.21. The summed E-state index contributed by atoms with van der Waals surface area (Å²) in [5, 5.41) is 3.21. The Morgan fingerprint density at radius 1 is 1.50 bits per heavy atom. The van der Waals surface area contributed by atoms with E-state index in [4.69, 9.17) is 22.1 Å². The molecule has 1 fully saturated rings. The van der Waals surface area contributed by atoms with Crippen LogP contribution in [0.4, 0.5) is 5.69 Å². The summed E-state index contributed by atoms with van der Waals surface area (Å²) in [5.41, 5.74) is 6.55. The van der Waals surface area contributed by atoms with Crippen molar-refractivity contribution >= 4 is 23.2 Å². The number of hydrogen-bond donors (Lipinski definition) is 2. The van der Waals surface area contributed by atoms with Crippen LogP contribution in [0.25, 0.3) is 0 Å². The Morgan fingerprint density at radius 2 is 2.17 bits per heavy atom. The third-order valence-electron chi connectivity index (χ3n) is 3.14. The number of nitrogens with two attached hydrogens (primary N) is 1. The lowest BCUT2D eigenvalue weighted by molar-refractivity contribution is -0.124. The highest BCUT2D eigenvalue weighted by Crippen LogP contribution is 2.22. The zero-order valence-corrected chi connectivity index (χ0v) is 11.0. The van der Waals surface area contributed by atoms with E-state index in [1.807, 2.05) is 0 Å². The number of aryl methyl sites for hydroxylation is 1. The number of nitrogens with zero attached hydrogens (tertiary/aromatic N) is 1. The fraction of sp³-hybridized carbons (Fsp3) is 0.500. The molecule has 1 amide bonds. The average molecular weight is 270 g/mol. The van der Waals surface area contributed by atoms with E-state index in [1.165, 1.54) is 0 Å². The molecule has 0 spiro atoms. The molecular formula is C12H16ClN3O2. The largest absolute Gasteiger partial charge is 0.381 e. The van der Waals surface area contributed by atoms with Gasteiger partial charge in [-0.2, -0.15) is 0 Å². The zero-order chi connectivity index (χ0) is 13.2. The van der Waals surface area contributed by atoms with Gasteiger partial charge in [-0.05, 0) is 31.9 Å². The second-order valence-electron chi connectivity index (χ2n) is 4.49. The van der Waals surface area contributed by atoms with E-state index < -0.39 is 5.54 Å². The quantitative estimate of drug-likeness (QED) is 0.798. The summed E-state index contributed by atoms with van der Waals surface area (Å²) in [5.74, 6) is -0.196. The van der Waals surface area contributed by atoms with Crippen molar-refractivity contribution in [1.82, 2.24) is 4.98 Å². The molecule has 1 aromatic heterocycles. The number of ether oxygens (including phenoxy) is 1. The molecule has 2 rings (SSSR count). The molecule has 3 N–H and O–H groups in total. The number of amides is 1. The number of rotatable bonds is 2. The molecule has 0 radical (unpaired) electrons. The lowest BCUT2D eigenvalue weighted by atomic mass is 9.90. The smallest absolute Gasteiger partial charge is 0.244 e. The predicted molar refractivity (Wildman–Crippen MR) is 69.6 cm³/mol. The summed E-state index contributed by atoms with van der Waals surface area (Å²) in [6, 6.07) is 3.36. The number of anilines is 1. The number of pyridine rings is 1. The molecule has 0 aromatic carbocycles. The van der Waals surface area contributed by atoms with Crippen LogP contribution in [-0.4, -0.2) is 29.6 Å². The van der Waals surface area contributed by atoms with Crippen molar-refractivity contribution in [3.63, 3.8) is 0 Å². The highest BCUT2D eigenvalue weighted by atomic mass is 35.5. The van der Waals surface area contributed by atoms with Gasteiger partial charge in [-0.3, -0.25) is 4.79 Å². The van der Waals surface area contributed by atoms with Gasteiger partial charge in [-0.1, -0.05) is 11.6 Å². The van der Waals surface area contributed by atoms with Gasteiger partial charge in [-0.25, -0.2) is 4.98 Å². The molecule has 0 atom stereocenters. The molecular weight excluding hydrogens is 254 g/mol. The third kappa shape index (κ3) is 2.80. The van der Waals surface area contributed by atoms with Crippen LogP contribution in [-0.2, 0) is 9.53 Å². The summed E-state index contributed by atoms with van der Waals surface area (Å²) in [6.45, 7) is 2.82. The van der Waals surface area contributed by atoms with E-state index >= 15 is 0 Å². The van der Waals surface area contributed by atoms with Gasteiger partial charge >= 0.3 is 0 Å². The van der Waals surface area contributed by atoms with Gasteiger partial charge in [-0.15, -0.1) is 0 Å². The fourth-order valence-corrected chi connectivity index (χ4v) is 2.06. The van der Waals surface area contributed by atoms with Crippen LogP contribution in [0.3, 0.4) is 0 Å². The Labute approximate surface area is 111 Å². The number of aromatic nitrogens is 1. The van der Waals surface area contributed by atoms with Crippen molar-refractivity contribution in [1.29, 1.82) is 0 Å². The second-order valence-corrected chi connectivity index (χ2v) is 4.88. The van der Waals surface area contributed by atoms with Gasteiger partial charge in [0.25, 0.3) is 0 Å². The van der Waals surface area contributed by atoms with E-state index in [-0.39, 0.29) is 5.91 Å². The highest BCUT2D eigenvalue weighted by molar-refractivity contribution is 6.29. The van der Waals surface area contributed by atoms with E-state index in [0.29, 0.717) is 42.6 Å². The van der Waals surface area contributed by atoms with E-state index in [1.54, 1.807) is 19.1 Å². The first-order valence-electron chi connectivity index (χ1n) is 5.82. The van der Waals surface area contributed by atoms with Gasteiger partial charge < -0.3 is 15.8 Å². The van der Waals surface area contributed by atoms with Crippen LogP contribution in [0, 0.1) is 6.92 Å². The predicted octanol–water partition coefficient (Wildman–Crippen LogP) is 1.49. The van der Waals surface area contributed by atoms with Crippen LogP contribution in [0.2, 0.25) is 5.15 Å².